The Labute approximate surface area is 172 Å². The van der Waals surface area contributed by atoms with Gasteiger partial charge < -0.3 is 9.80 Å². The summed E-state index contributed by atoms with van der Waals surface area (Å²) in [5.74, 6) is 1.94. The van der Waals surface area contributed by atoms with Crippen molar-refractivity contribution in [2.75, 3.05) is 31.1 Å². The summed E-state index contributed by atoms with van der Waals surface area (Å²) >= 11 is 0. The largest absolute Gasteiger partial charge is 0.353 e. The van der Waals surface area contributed by atoms with Gasteiger partial charge in [0.1, 0.15) is 11.6 Å². The fourth-order valence-corrected chi connectivity index (χ4v) is 3.71. The molecule has 4 rings (SSSR count). The third-order valence-corrected chi connectivity index (χ3v) is 5.32. The zero-order valence-electron chi connectivity index (χ0n) is 16.8. The van der Waals surface area contributed by atoms with Crippen LogP contribution in [0.4, 0.5) is 5.82 Å². The molecular formula is C24H26N4O. The van der Waals surface area contributed by atoms with E-state index in [1.54, 1.807) is 0 Å². The van der Waals surface area contributed by atoms with Crippen molar-refractivity contribution in [1.82, 2.24) is 14.9 Å². The molecule has 5 nitrogen and oxygen atoms in total. The van der Waals surface area contributed by atoms with Crippen molar-refractivity contribution < 1.29 is 4.79 Å². The van der Waals surface area contributed by atoms with Crippen molar-refractivity contribution in [2.24, 2.45) is 0 Å². The molecule has 0 atom stereocenters. The molecule has 3 aromatic rings. The lowest BCUT2D eigenvalue weighted by Gasteiger charge is -2.35. The first-order valence-corrected chi connectivity index (χ1v) is 10.2. The molecule has 1 amide bonds. The van der Waals surface area contributed by atoms with E-state index in [4.69, 9.17) is 0 Å². The summed E-state index contributed by atoms with van der Waals surface area (Å²) in [6.07, 6.45) is 1.36. The number of anilines is 1. The van der Waals surface area contributed by atoms with E-state index in [2.05, 4.69) is 45.2 Å². The number of piperazine rings is 1. The fraction of sp³-hybridized carbons (Fsp3) is 0.292. The van der Waals surface area contributed by atoms with Crippen LogP contribution in [0.1, 0.15) is 17.8 Å². The topological polar surface area (TPSA) is 49.3 Å². The van der Waals surface area contributed by atoms with E-state index in [1.165, 1.54) is 5.56 Å². The second-order valence-electron chi connectivity index (χ2n) is 7.38. The average Bonchev–Trinajstić information content (AvgIpc) is 2.78. The summed E-state index contributed by atoms with van der Waals surface area (Å²) in [4.78, 5) is 26.1. The van der Waals surface area contributed by atoms with Crippen LogP contribution in [0.5, 0.6) is 0 Å². The summed E-state index contributed by atoms with van der Waals surface area (Å²) in [5.41, 5.74) is 3.24. The van der Waals surface area contributed by atoms with Gasteiger partial charge in [-0.2, -0.15) is 0 Å². The van der Waals surface area contributed by atoms with Gasteiger partial charge in [-0.1, -0.05) is 60.7 Å². The van der Waals surface area contributed by atoms with E-state index in [0.29, 0.717) is 6.42 Å². The van der Waals surface area contributed by atoms with Crippen LogP contribution in [-0.2, 0) is 11.2 Å². The van der Waals surface area contributed by atoms with E-state index in [-0.39, 0.29) is 5.91 Å². The van der Waals surface area contributed by atoms with E-state index in [9.17, 15) is 4.79 Å². The summed E-state index contributed by atoms with van der Waals surface area (Å²) < 4.78 is 0. The van der Waals surface area contributed by atoms with Gasteiger partial charge >= 0.3 is 0 Å². The minimum atomic E-state index is 0.234. The fourth-order valence-electron chi connectivity index (χ4n) is 3.71. The number of carbonyl (C=O) groups is 1. The standard InChI is InChI=1S/C24H26N4O/c1-19-25-22(21-10-6-3-7-11-21)18-23(26-19)27-14-16-28(17-15-27)24(29)13-12-20-8-4-2-5-9-20/h2-11,18H,12-17H2,1H3. The summed E-state index contributed by atoms with van der Waals surface area (Å²) in [6, 6.07) is 22.4. The molecule has 0 aliphatic carbocycles. The van der Waals surface area contributed by atoms with Gasteiger partial charge in [0, 0.05) is 44.2 Å². The molecule has 5 heteroatoms. The highest BCUT2D eigenvalue weighted by molar-refractivity contribution is 5.76. The Morgan fingerprint density at radius 3 is 2.24 bits per heavy atom. The number of aromatic nitrogens is 2. The Morgan fingerprint density at radius 2 is 1.55 bits per heavy atom. The molecule has 0 bridgehead atoms. The first-order valence-electron chi connectivity index (χ1n) is 10.2. The van der Waals surface area contributed by atoms with Crippen LogP contribution in [0.25, 0.3) is 11.3 Å². The van der Waals surface area contributed by atoms with Gasteiger partial charge in [0.2, 0.25) is 5.91 Å². The predicted molar refractivity (Wildman–Crippen MR) is 116 cm³/mol. The zero-order chi connectivity index (χ0) is 20.1. The van der Waals surface area contributed by atoms with Gasteiger partial charge in [0.15, 0.2) is 0 Å². The van der Waals surface area contributed by atoms with Gasteiger partial charge in [-0.15, -0.1) is 0 Å². The first kappa shape index (κ1) is 19.1. The molecule has 29 heavy (non-hydrogen) atoms. The highest BCUT2D eigenvalue weighted by atomic mass is 16.2. The molecule has 2 aromatic carbocycles. The molecule has 1 saturated heterocycles. The van der Waals surface area contributed by atoms with Crippen molar-refractivity contribution in [1.29, 1.82) is 0 Å². The van der Waals surface area contributed by atoms with Crippen LogP contribution in [0.3, 0.4) is 0 Å². The van der Waals surface area contributed by atoms with Crippen LogP contribution >= 0.6 is 0 Å². The third-order valence-electron chi connectivity index (χ3n) is 5.32. The lowest BCUT2D eigenvalue weighted by Crippen LogP contribution is -2.49. The lowest BCUT2D eigenvalue weighted by molar-refractivity contribution is -0.131. The number of carbonyl (C=O) groups excluding carboxylic acids is 1. The Balaban J connectivity index is 1.37. The van der Waals surface area contributed by atoms with E-state index in [0.717, 1.165) is 55.5 Å². The molecule has 0 spiro atoms. The number of nitrogens with zero attached hydrogens (tertiary/aromatic N) is 4. The summed E-state index contributed by atoms with van der Waals surface area (Å²) in [7, 11) is 0. The summed E-state index contributed by atoms with van der Waals surface area (Å²) in [5, 5.41) is 0. The maximum Gasteiger partial charge on any atom is 0.223 e. The molecule has 1 aromatic heterocycles. The normalized spacial score (nSPS) is 14.1. The van der Waals surface area contributed by atoms with Crippen LogP contribution < -0.4 is 4.90 Å². The third kappa shape index (κ3) is 4.80. The molecule has 1 fully saturated rings. The van der Waals surface area contributed by atoms with Crippen LogP contribution in [0.2, 0.25) is 0 Å². The lowest BCUT2D eigenvalue weighted by atomic mass is 10.1. The average molecular weight is 386 g/mol. The number of amides is 1. The highest BCUT2D eigenvalue weighted by Crippen LogP contribution is 2.22. The van der Waals surface area contributed by atoms with E-state index in [1.807, 2.05) is 48.2 Å². The minimum Gasteiger partial charge on any atom is -0.353 e. The van der Waals surface area contributed by atoms with Crippen LogP contribution in [0, 0.1) is 6.92 Å². The SMILES string of the molecule is Cc1nc(-c2ccccc2)cc(N2CCN(C(=O)CCc3ccccc3)CC2)n1. The van der Waals surface area contributed by atoms with Crippen molar-refractivity contribution in [3.8, 4) is 11.3 Å². The molecule has 0 saturated carbocycles. The number of rotatable bonds is 5. The maximum absolute atomic E-state index is 12.6. The van der Waals surface area contributed by atoms with Gasteiger partial charge in [0.25, 0.3) is 0 Å². The first-order chi connectivity index (χ1) is 14.2. The monoisotopic (exact) mass is 386 g/mol. The minimum absolute atomic E-state index is 0.234. The zero-order valence-corrected chi connectivity index (χ0v) is 16.8. The Hall–Kier alpha value is -3.21. The van der Waals surface area contributed by atoms with Gasteiger partial charge in [-0.25, -0.2) is 9.97 Å². The molecule has 2 heterocycles. The van der Waals surface area contributed by atoms with Crippen molar-refractivity contribution >= 4 is 11.7 Å². The quantitative estimate of drug-likeness (QED) is 0.670. The Bertz CT molecular complexity index is 951. The van der Waals surface area contributed by atoms with Gasteiger partial charge in [-0.3, -0.25) is 4.79 Å². The van der Waals surface area contributed by atoms with Crippen LogP contribution in [-0.4, -0.2) is 47.0 Å². The molecule has 0 N–H and O–H groups in total. The Kier molecular flexibility index (Phi) is 5.84. The number of benzene rings is 2. The van der Waals surface area contributed by atoms with Crippen LogP contribution in [0.15, 0.2) is 66.7 Å². The van der Waals surface area contributed by atoms with Crippen molar-refractivity contribution in [3.63, 3.8) is 0 Å². The predicted octanol–water partition coefficient (Wildman–Crippen LogP) is 3.73. The van der Waals surface area contributed by atoms with E-state index < -0.39 is 0 Å². The maximum atomic E-state index is 12.6. The molecule has 1 aliphatic rings. The second-order valence-corrected chi connectivity index (χ2v) is 7.38. The molecule has 0 unspecified atom stereocenters. The molecule has 148 valence electrons. The number of hydrogen-bond donors (Lipinski definition) is 0. The highest BCUT2D eigenvalue weighted by Gasteiger charge is 2.22. The van der Waals surface area contributed by atoms with Gasteiger partial charge in [-0.05, 0) is 18.9 Å². The second kappa shape index (κ2) is 8.86. The molecular weight excluding hydrogens is 360 g/mol. The number of hydrogen-bond acceptors (Lipinski definition) is 4. The summed E-state index contributed by atoms with van der Waals surface area (Å²) in [6.45, 7) is 4.98. The smallest absolute Gasteiger partial charge is 0.223 e. The molecule has 1 aliphatic heterocycles. The molecule has 0 radical (unpaired) electrons. The number of aryl methyl sites for hydroxylation is 2. The Morgan fingerprint density at radius 1 is 0.897 bits per heavy atom. The van der Waals surface area contributed by atoms with E-state index >= 15 is 0 Å². The van der Waals surface area contributed by atoms with Crippen molar-refractivity contribution in [2.45, 2.75) is 19.8 Å². The van der Waals surface area contributed by atoms with Gasteiger partial charge in [0.05, 0.1) is 5.69 Å². The van der Waals surface area contributed by atoms with Crippen molar-refractivity contribution in [3.05, 3.63) is 78.1 Å².